The maximum atomic E-state index is 5.93. The van der Waals surface area contributed by atoms with Gasteiger partial charge in [0, 0.05) is 5.39 Å². The fraction of sp³-hybridized carbons (Fsp3) is 0. The second kappa shape index (κ2) is 3.68. The molecule has 0 aliphatic heterocycles. The van der Waals surface area contributed by atoms with Gasteiger partial charge >= 0.3 is 0 Å². The molecule has 0 saturated heterocycles. The molecule has 2 aromatic carbocycles. The number of thiophene rings is 1. The Morgan fingerprint density at radius 3 is 2.78 bits per heavy atom. The summed E-state index contributed by atoms with van der Waals surface area (Å²) in [5, 5.41) is 4.33. The Bertz CT molecular complexity index is 830. The van der Waals surface area contributed by atoms with E-state index in [2.05, 4.69) is 23.2 Å². The van der Waals surface area contributed by atoms with Gasteiger partial charge in [-0.15, -0.1) is 11.3 Å². The van der Waals surface area contributed by atoms with Gasteiger partial charge in [0.15, 0.2) is 5.58 Å². The molecule has 4 rings (SSSR count). The summed E-state index contributed by atoms with van der Waals surface area (Å²) in [6.45, 7) is 0. The number of hydrogen-bond acceptors (Lipinski definition) is 3. The highest BCUT2D eigenvalue weighted by Crippen LogP contribution is 2.31. The van der Waals surface area contributed by atoms with Crippen molar-refractivity contribution in [3.05, 3.63) is 53.9 Å². The Hall–Kier alpha value is -2.13. The van der Waals surface area contributed by atoms with Crippen molar-refractivity contribution in [3.8, 4) is 10.8 Å². The summed E-state index contributed by atoms with van der Waals surface area (Å²) in [6, 6.07) is 16.3. The Balaban J connectivity index is 2.08. The number of aromatic nitrogens is 1. The lowest BCUT2D eigenvalue weighted by molar-refractivity contribution is 0.625. The molecule has 0 fully saturated rings. The van der Waals surface area contributed by atoms with Gasteiger partial charge in [-0.25, -0.2) is 4.98 Å². The normalized spacial score (nSPS) is 11.3. The molecular formula is C15H9NOS. The van der Waals surface area contributed by atoms with Crippen LogP contribution in [0.25, 0.3) is 32.6 Å². The third kappa shape index (κ3) is 1.38. The molecule has 0 aliphatic carbocycles. The third-order valence-corrected chi connectivity index (χ3v) is 3.87. The highest BCUT2D eigenvalue weighted by molar-refractivity contribution is 7.13. The molecule has 0 spiro atoms. The molecule has 18 heavy (non-hydrogen) atoms. The molecule has 0 atom stereocenters. The average molecular weight is 251 g/mol. The van der Waals surface area contributed by atoms with Crippen molar-refractivity contribution in [1.82, 2.24) is 4.98 Å². The summed E-state index contributed by atoms with van der Waals surface area (Å²) in [4.78, 5) is 5.61. The van der Waals surface area contributed by atoms with Crippen LogP contribution in [0.15, 0.2) is 58.3 Å². The second-order valence-electron chi connectivity index (χ2n) is 4.13. The molecule has 2 nitrogen and oxygen atoms in total. The Labute approximate surface area is 108 Å². The third-order valence-electron chi connectivity index (χ3n) is 3.01. The quantitative estimate of drug-likeness (QED) is 0.489. The molecule has 86 valence electrons. The van der Waals surface area contributed by atoms with Crippen molar-refractivity contribution >= 4 is 33.2 Å². The lowest BCUT2D eigenvalue weighted by Gasteiger charge is -1.95. The predicted molar refractivity (Wildman–Crippen MR) is 74.8 cm³/mol. The van der Waals surface area contributed by atoms with Crippen LogP contribution >= 0.6 is 11.3 Å². The Morgan fingerprint density at radius 2 is 1.89 bits per heavy atom. The zero-order valence-corrected chi connectivity index (χ0v) is 10.3. The van der Waals surface area contributed by atoms with Gasteiger partial charge in [-0.05, 0) is 22.9 Å². The van der Waals surface area contributed by atoms with Crippen LogP contribution in [0.3, 0.4) is 0 Å². The van der Waals surface area contributed by atoms with Crippen LogP contribution in [-0.4, -0.2) is 4.98 Å². The molecule has 0 radical (unpaired) electrons. The van der Waals surface area contributed by atoms with Gasteiger partial charge < -0.3 is 4.42 Å². The predicted octanol–water partition coefficient (Wildman–Crippen LogP) is 4.71. The summed E-state index contributed by atoms with van der Waals surface area (Å²) >= 11 is 1.64. The minimum absolute atomic E-state index is 0.705. The summed E-state index contributed by atoms with van der Waals surface area (Å²) < 4.78 is 5.93. The number of fused-ring (bicyclic) bond motifs is 3. The summed E-state index contributed by atoms with van der Waals surface area (Å²) in [6.07, 6.45) is 0. The lowest BCUT2D eigenvalue weighted by Crippen LogP contribution is -1.73. The first-order valence-electron chi connectivity index (χ1n) is 5.74. The molecule has 0 bridgehead atoms. The van der Waals surface area contributed by atoms with Crippen LogP contribution in [0.5, 0.6) is 0 Å². The highest BCUT2D eigenvalue weighted by atomic mass is 32.1. The zero-order chi connectivity index (χ0) is 11.9. The molecule has 0 unspecified atom stereocenters. The van der Waals surface area contributed by atoms with Crippen LogP contribution in [-0.2, 0) is 0 Å². The first-order valence-corrected chi connectivity index (χ1v) is 6.62. The topological polar surface area (TPSA) is 26.0 Å². The molecule has 4 aromatic rings. The number of nitrogens with zero attached hydrogens (tertiary/aromatic N) is 1. The molecule has 2 aromatic heterocycles. The van der Waals surface area contributed by atoms with Crippen LogP contribution in [0.4, 0.5) is 0 Å². The smallest absolute Gasteiger partial charge is 0.237 e. The van der Waals surface area contributed by atoms with Crippen molar-refractivity contribution < 1.29 is 4.42 Å². The minimum atomic E-state index is 0.705. The van der Waals surface area contributed by atoms with Crippen molar-refractivity contribution in [2.45, 2.75) is 0 Å². The van der Waals surface area contributed by atoms with E-state index in [4.69, 9.17) is 4.42 Å². The van der Waals surface area contributed by atoms with E-state index in [0.717, 1.165) is 21.4 Å². The molecular weight excluding hydrogens is 242 g/mol. The Morgan fingerprint density at radius 1 is 0.944 bits per heavy atom. The van der Waals surface area contributed by atoms with E-state index >= 15 is 0 Å². The van der Waals surface area contributed by atoms with E-state index in [1.54, 1.807) is 11.3 Å². The second-order valence-corrected chi connectivity index (χ2v) is 5.08. The number of rotatable bonds is 1. The average Bonchev–Trinajstić information content (AvgIpc) is 3.07. The molecule has 3 heteroatoms. The van der Waals surface area contributed by atoms with Crippen LogP contribution in [0.1, 0.15) is 0 Å². The van der Waals surface area contributed by atoms with Gasteiger partial charge in [-0.2, -0.15) is 0 Å². The monoisotopic (exact) mass is 251 g/mol. The summed E-state index contributed by atoms with van der Waals surface area (Å²) in [5.41, 5.74) is 1.79. The van der Waals surface area contributed by atoms with E-state index in [-0.39, 0.29) is 0 Å². The SMILES string of the molecule is c1csc(-c2nc3ccc4ccccc4c3o2)c1. The largest absolute Gasteiger partial charge is 0.435 e. The van der Waals surface area contributed by atoms with Gasteiger partial charge in [-0.1, -0.05) is 36.4 Å². The number of hydrogen-bond donors (Lipinski definition) is 0. The standard InChI is InChI=1S/C15H9NOS/c1-2-5-11-10(4-1)7-8-12-14(11)17-15(16-12)13-6-3-9-18-13/h1-9H. The van der Waals surface area contributed by atoms with Crippen LogP contribution in [0.2, 0.25) is 0 Å². The molecule has 0 saturated carbocycles. The maximum Gasteiger partial charge on any atom is 0.237 e. The Kier molecular flexibility index (Phi) is 2.02. The van der Waals surface area contributed by atoms with E-state index in [1.807, 2.05) is 35.7 Å². The molecule has 0 amide bonds. The van der Waals surface area contributed by atoms with Crippen molar-refractivity contribution in [1.29, 1.82) is 0 Å². The van der Waals surface area contributed by atoms with Gasteiger partial charge in [-0.3, -0.25) is 0 Å². The van der Waals surface area contributed by atoms with Gasteiger partial charge in [0.1, 0.15) is 5.52 Å². The number of oxazole rings is 1. The first-order chi connectivity index (χ1) is 8.92. The van der Waals surface area contributed by atoms with Gasteiger partial charge in [0.25, 0.3) is 0 Å². The van der Waals surface area contributed by atoms with E-state index < -0.39 is 0 Å². The van der Waals surface area contributed by atoms with Gasteiger partial charge in [0.05, 0.1) is 4.88 Å². The fourth-order valence-electron chi connectivity index (χ4n) is 2.16. The van der Waals surface area contributed by atoms with Crippen molar-refractivity contribution in [3.63, 3.8) is 0 Å². The van der Waals surface area contributed by atoms with E-state index in [1.165, 1.54) is 5.39 Å². The highest BCUT2D eigenvalue weighted by Gasteiger charge is 2.11. The molecule has 0 N–H and O–H groups in total. The molecule has 0 aliphatic rings. The van der Waals surface area contributed by atoms with E-state index in [9.17, 15) is 0 Å². The summed E-state index contributed by atoms with van der Waals surface area (Å²) in [7, 11) is 0. The maximum absolute atomic E-state index is 5.93. The van der Waals surface area contributed by atoms with Crippen LogP contribution < -0.4 is 0 Å². The van der Waals surface area contributed by atoms with Crippen molar-refractivity contribution in [2.75, 3.05) is 0 Å². The first kappa shape index (κ1) is 9.85. The minimum Gasteiger partial charge on any atom is -0.435 e. The van der Waals surface area contributed by atoms with Gasteiger partial charge in [0.2, 0.25) is 5.89 Å². The fourth-order valence-corrected chi connectivity index (χ4v) is 2.81. The van der Waals surface area contributed by atoms with Crippen LogP contribution in [0, 0.1) is 0 Å². The number of benzene rings is 2. The zero-order valence-electron chi connectivity index (χ0n) is 9.46. The molecule has 2 heterocycles. The van der Waals surface area contributed by atoms with E-state index in [0.29, 0.717) is 5.89 Å². The summed E-state index contributed by atoms with van der Waals surface area (Å²) in [5.74, 6) is 0.705. The van der Waals surface area contributed by atoms with Crippen molar-refractivity contribution in [2.24, 2.45) is 0 Å². The lowest BCUT2D eigenvalue weighted by atomic mass is 10.1.